The minimum atomic E-state index is -1.04. The first-order valence-corrected chi connectivity index (χ1v) is 7.40. The highest BCUT2D eigenvalue weighted by atomic mass is 16.4. The van der Waals surface area contributed by atoms with Crippen molar-refractivity contribution in [2.45, 2.75) is 25.4 Å². The molecule has 1 aromatic rings. The third-order valence-corrected chi connectivity index (χ3v) is 3.86. The van der Waals surface area contributed by atoms with E-state index < -0.39 is 5.97 Å². The van der Waals surface area contributed by atoms with Gasteiger partial charge < -0.3 is 20.2 Å². The van der Waals surface area contributed by atoms with Crippen LogP contribution in [0.4, 0.5) is 4.79 Å². The predicted molar refractivity (Wildman–Crippen MR) is 81.3 cm³/mol. The summed E-state index contributed by atoms with van der Waals surface area (Å²) in [6.45, 7) is 1.93. The number of carboxylic acids is 1. The molecule has 0 bridgehead atoms. The van der Waals surface area contributed by atoms with Crippen molar-refractivity contribution in [1.82, 2.24) is 20.1 Å². The second kappa shape index (κ2) is 7.74. The summed E-state index contributed by atoms with van der Waals surface area (Å²) in [5, 5.41) is 11.2. The molecule has 7 heteroatoms. The number of rotatable bonds is 5. The van der Waals surface area contributed by atoms with Gasteiger partial charge in [0.2, 0.25) is 0 Å². The summed E-state index contributed by atoms with van der Waals surface area (Å²) >= 11 is 0. The van der Waals surface area contributed by atoms with Crippen LogP contribution in [0.5, 0.6) is 0 Å². The Bertz CT molecular complexity index is 501. The van der Waals surface area contributed by atoms with Crippen molar-refractivity contribution in [3.8, 4) is 0 Å². The zero-order valence-corrected chi connectivity index (χ0v) is 12.7. The lowest BCUT2D eigenvalue weighted by atomic mass is 10.0. The van der Waals surface area contributed by atoms with Gasteiger partial charge in [0.1, 0.15) is 6.54 Å². The lowest BCUT2D eigenvalue weighted by molar-refractivity contribution is -0.135. The quantitative estimate of drug-likeness (QED) is 0.839. The molecule has 7 nitrogen and oxygen atoms in total. The van der Waals surface area contributed by atoms with E-state index in [0.717, 1.165) is 31.5 Å². The zero-order chi connectivity index (χ0) is 15.9. The maximum atomic E-state index is 12.4. The van der Waals surface area contributed by atoms with Crippen molar-refractivity contribution >= 4 is 12.0 Å². The van der Waals surface area contributed by atoms with Gasteiger partial charge >= 0.3 is 12.0 Å². The van der Waals surface area contributed by atoms with Crippen LogP contribution in [0.1, 0.15) is 18.4 Å². The van der Waals surface area contributed by atoms with E-state index in [1.807, 2.05) is 12.1 Å². The van der Waals surface area contributed by atoms with Gasteiger partial charge in [0.15, 0.2) is 0 Å². The van der Waals surface area contributed by atoms with Gasteiger partial charge in [-0.15, -0.1) is 0 Å². The molecule has 22 heavy (non-hydrogen) atoms. The summed E-state index contributed by atoms with van der Waals surface area (Å²) < 4.78 is 0. The van der Waals surface area contributed by atoms with Gasteiger partial charge in [0.05, 0.1) is 0 Å². The number of hydrogen-bond acceptors (Lipinski definition) is 4. The Labute approximate surface area is 129 Å². The fourth-order valence-electron chi connectivity index (χ4n) is 2.61. The minimum Gasteiger partial charge on any atom is -0.480 e. The van der Waals surface area contributed by atoms with E-state index in [0.29, 0.717) is 6.54 Å². The van der Waals surface area contributed by atoms with Crippen molar-refractivity contribution in [2.75, 3.05) is 26.7 Å². The van der Waals surface area contributed by atoms with E-state index in [1.165, 1.54) is 0 Å². The van der Waals surface area contributed by atoms with Gasteiger partial charge in [-0.25, -0.2) is 4.79 Å². The van der Waals surface area contributed by atoms with E-state index in [9.17, 15) is 9.59 Å². The molecule has 1 aliphatic rings. The molecule has 2 amide bonds. The van der Waals surface area contributed by atoms with Crippen LogP contribution in [0.2, 0.25) is 0 Å². The van der Waals surface area contributed by atoms with Crippen LogP contribution in [0, 0.1) is 0 Å². The number of carbonyl (C=O) groups is 2. The maximum Gasteiger partial charge on any atom is 0.323 e. The lowest BCUT2D eigenvalue weighted by Gasteiger charge is -2.37. The Balaban J connectivity index is 2.06. The highest BCUT2D eigenvalue weighted by molar-refractivity contribution is 5.80. The average molecular weight is 306 g/mol. The molecule has 2 N–H and O–H groups in total. The molecule has 0 radical (unpaired) electrons. The summed E-state index contributed by atoms with van der Waals surface area (Å²) in [5.74, 6) is -1.04. The molecule has 1 aromatic heterocycles. The van der Waals surface area contributed by atoms with Crippen LogP contribution >= 0.6 is 0 Å². The first-order chi connectivity index (χ1) is 10.6. The number of hydrogen-bond donors (Lipinski definition) is 2. The number of nitrogens with zero attached hydrogens (tertiary/aromatic N) is 3. The molecule has 0 unspecified atom stereocenters. The second-order valence-corrected chi connectivity index (χ2v) is 5.58. The molecule has 120 valence electrons. The van der Waals surface area contributed by atoms with Crippen LogP contribution in [0.25, 0.3) is 0 Å². The Morgan fingerprint density at radius 3 is 2.77 bits per heavy atom. The molecule has 0 aromatic carbocycles. The SMILES string of the molecule is CN1CCC(N(Cc2cccnc2)C(=O)NCC(=O)O)CC1. The normalized spacial score (nSPS) is 16.2. The molecule has 0 aliphatic carbocycles. The van der Waals surface area contributed by atoms with E-state index in [4.69, 9.17) is 5.11 Å². The number of carbonyl (C=O) groups excluding carboxylic acids is 1. The molecule has 2 rings (SSSR count). The Morgan fingerprint density at radius 2 is 2.18 bits per heavy atom. The molecule has 0 saturated carbocycles. The number of aromatic nitrogens is 1. The molecular weight excluding hydrogens is 284 g/mol. The van der Waals surface area contributed by atoms with Crippen molar-refractivity contribution in [1.29, 1.82) is 0 Å². The maximum absolute atomic E-state index is 12.4. The van der Waals surface area contributed by atoms with Crippen LogP contribution in [0.15, 0.2) is 24.5 Å². The third kappa shape index (κ3) is 4.70. The first kappa shape index (κ1) is 16.2. The molecule has 1 aliphatic heterocycles. The number of amides is 2. The average Bonchev–Trinajstić information content (AvgIpc) is 2.52. The van der Waals surface area contributed by atoms with E-state index >= 15 is 0 Å². The van der Waals surface area contributed by atoms with Crippen molar-refractivity contribution in [3.63, 3.8) is 0 Å². The zero-order valence-electron chi connectivity index (χ0n) is 12.7. The van der Waals surface area contributed by atoms with Crippen molar-refractivity contribution in [3.05, 3.63) is 30.1 Å². The fraction of sp³-hybridized carbons (Fsp3) is 0.533. The summed E-state index contributed by atoms with van der Waals surface area (Å²) in [6.07, 6.45) is 5.19. The molecule has 2 heterocycles. The molecular formula is C15H22N4O3. The van der Waals surface area contributed by atoms with Crippen molar-refractivity contribution < 1.29 is 14.7 Å². The van der Waals surface area contributed by atoms with Gasteiger partial charge in [-0.05, 0) is 44.6 Å². The van der Waals surface area contributed by atoms with Gasteiger partial charge in [0.25, 0.3) is 0 Å². The minimum absolute atomic E-state index is 0.116. The van der Waals surface area contributed by atoms with Gasteiger partial charge in [-0.2, -0.15) is 0 Å². The number of aliphatic carboxylic acids is 1. The number of urea groups is 1. The third-order valence-electron chi connectivity index (χ3n) is 3.86. The highest BCUT2D eigenvalue weighted by Crippen LogP contribution is 2.18. The number of pyridine rings is 1. The standard InChI is InChI=1S/C15H22N4O3/c1-18-7-4-13(5-8-18)19(15(22)17-10-14(20)21)11-12-3-2-6-16-9-12/h2-3,6,9,13H,4-5,7-8,10-11H2,1H3,(H,17,22)(H,20,21). The predicted octanol–water partition coefficient (Wildman–Crippen LogP) is 0.772. The van der Waals surface area contributed by atoms with E-state index in [-0.39, 0.29) is 18.6 Å². The molecule has 1 fully saturated rings. The molecule has 0 spiro atoms. The van der Waals surface area contributed by atoms with Crippen LogP contribution in [-0.2, 0) is 11.3 Å². The van der Waals surface area contributed by atoms with Crippen LogP contribution in [-0.4, -0.2) is 64.6 Å². The Kier molecular flexibility index (Phi) is 5.71. The number of nitrogens with one attached hydrogen (secondary N) is 1. The van der Waals surface area contributed by atoms with E-state index in [2.05, 4.69) is 22.2 Å². The monoisotopic (exact) mass is 306 g/mol. The van der Waals surface area contributed by atoms with Gasteiger partial charge in [-0.1, -0.05) is 6.07 Å². The summed E-state index contributed by atoms with van der Waals surface area (Å²) in [7, 11) is 2.06. The Morgan fingerprint density at radius 1 is 1.45 bits per heavy atom. The topological polar surface area (TPSA) is 85.8 Å². The smallest absolute Gasteiger partial charge is 0.323 e. The van der Waals surface area contributed by atoms with Gasteiger partial charge in [0, 0.05) is 25.0 Å². The lowest BCUT2D eigenvalue weighted by Crippen LogP contribution is -2.50. The fourth-order valence-corrected chi connectivity index (χ4v) is 2.61. The summed E-state index contributed by atoms with van der Waals surface area (Å²) in [6, 6.07) is 3.53. The summed E-state index contributed by atoms with van der Waals surface area (Å²) in [5.41, 5.74) is 0.937. The van der Waals surface area contributed by atoms with Crippen LogP contribution in [0.3, 0.4) is 0 Å². The largest absolute Gasteiger partial charge is 0.480 e. The van der Waals surface area contributed by atoms with Gasteiger partial charge in [-0.3, -0.25) is 9.78 Å². The number of piperidine rings is 1. The van der Waals surface area contributed by atoms with E-state index in [1.54, 1.807) is 17.3 Å². The highest BCUT2D eigenvalue weighted by Gasteiger charge is 2.27. The first-order valence-electron chi connectivity index (χ1n) is 7.40. The Hall–Kier alpha value is -2.15. The second-order valence-electron chi connectivity index (χ2n) is 5.58. The molecule has 1 saturated heterocycles. The number of carboxylic acid groups (broad SMARTS) is 1. The van der Waals surface area contributed by atoms with Crippen LogP contribution < -0.4 is 5.32 Å². The number of likely N-dealkylation sites (tertiary alicyclic amines) is 1. The van der Waals surface area contributed by atoms with Crippen molar-refractivity contribution in [2.24, 2.45) is 0 Å². The molecule has 0 atom stereocenters. The summed E-state index contributed by atoms with van der Waals surface area (Å²) in [4.78, 5) is 31.0.